The third-order valence-corrected chi connectivity index (χ3v) is 3.63. The zero-order chi connectivity index (χ0) is 13.8. The fourth-order valence-corrected chi connectivity index (χ4v) is 2.16. The average molecular weight is 285 g/mol. The Kier molecular flexibility index (Phi) is 4.71. The molecule has 1 aliphatic rings. The summed E-state index contributed by atoms with van der Waals surface area (Å²) in [6.45, 7) is -0.108. The number of amides is 1. The van der Waals surface area contributed by atoms with Crippen LogP contribution in [0.15, 0.2) is 5.16 Å². The largest absolute Gasteiger partial charge is 0.441 e. The number of hydrogen-bond donors (Lipinski definition) is 3. The van der Waals surface area contributed by atoms with Gasteiger partial charge < -0.3 is 16.3 Å². The van der Waals surface area contributed by atoms with Crippen molar-refractivity contribution < 1.29 is 23.2 Å². The molecule has 0 aliphatic heterocycles. The molecule has 0 aromatic carbocycles. The quantitative estimate of drug-likeness (QED) is 0.233. The Morgan fingerprint density at radius 2 is 2.11 bits per heavy atom. The zero-order valence-corrected chi connectivity index (χ0v) is 10.3. The molecule has 0 heterocycles. The molecule has 0 aromatic heterocycles. The summed E-state index contributed by atoms with van der Waals surface area (Å²) in [5.41, 5.74) is 0.0965. The first-order valence-corrected chi connectivity index (χ1v) is 6.27. The fraction of sp³-hybridized carbons (Fsp3) is 0.778. The van der Waals surface area contributed by atoms with Crippen molar-refractivity contribution in [3.8, 4) is 0 Å². The van der Waals surface area contributed by atoms with Gasteiger partial charge in [0.05, 0.1) is 0 Å². The van der Waals surface area contributed by atoms with Gasteiger partial charge in [-0.15, -0.1) is 0 Å². The first-order chi connectivity index (χ1) is 8.32. The van der Waals surface area contributed by atoms with Crippen LogP contribution in [0.3, 0.4) is 0 Å². The van der Waals surface area contributed by atoms with Crippen molar-refractivity contribution in [2.24, 2.45) is 16.3 Å². The van der Waals surface area contributed by atoms with Crippen LogP contribution in [0.1, 0.15) is 19.3 Å². The van der Waals surface area contributed by atoms with Gasteiger partial charge in [0.2, 0.25) is 5.91 Å². The van der Waals surface area contributed by atoms with E-state index in [0.717, 1.165) is 6.42 Å². The number of amidine groups is 1. The highest BCUT2D eigenvalue weighted by molar-refractivity contribution is 8.00. The van der Waals surface area contributed by atoms with Crippen molar-refractivity contribution in [2.75, 3.05) is 12.3 Å². The van der Waals surface area contributed by atoms with E-state index in [1.165, 1.54) is 0 Å². The smallest absolute Gasteiger partial charge is 0.409 e. The van der Waals surface area contributed by atoms with Crippen LogP contribution in [0.4, 0.5) is 13.2 Å². The third kappa shape index (κ3) is 3.44. The van der Waals surface area contributed by atoms with Crippen molar-refractivity contribution in [3.63, 3.8) is 0 Å². The molecule has 0 aromatic rings. The second kappa shape index (κ2) is 5.68. The van der Waals surface area contributed by atoms with Crippen LogP contribution in [-0.2, 0) is 4.79 Å². The van der Waals surface area contributed by atoms with Crippen molar-refractivity contribution in [2.45, 2.75) is 24.8 Å². The van der Waals surface area contributed by atoms with Gasteiger partial charge >= 0.3 is 5.51 Å². The van der Waals surface area contributed by atoms with E-state index >= 15 is 0 Å². The van der Waals surface area contributed by atoms with Gasteiger partial charge in [-0.2, -0.15) is 13.2 Å². The molecule has 1 fully saturated rings. The second-order valence-corrected chi connectivity index (χ2v) is 5.13. The summed E-state index contributed by atoms with van der Waals surface area (Å²) < 4.78 is 35.6. The molecule has 0 unspecified atom stereocenters. The first-order valence-electron chi connectivity index (χ1n) is 5.29. The molecule has 0 saturated heterocycles. The number of carbonyl (C=O) groups excluding carboxylic acids is 1. The van der Waals surface area contributed by atoms with Crippen LogP contribution in [0.25, 0.3) is 0 Å². The molecule has 0 radical (unpaired) electrons. The van der Waals surface area contributed by atoms with E-state index in [4.69, 9.17) is 10.9 Å². The summed E-state index contributed by atoms with van der Waals surface area (Å²) >= 11 is -0.200. The number of nitrogens with two attached hydrogens (primary N) is 1. The molecular formula is C9H14F3N3O2S. The van der Waals surface area contributed by atoms with Gasteiger partial charge in [-0.1, -0.05) is 11.6 Å². The number of carbonyl (C=O) groups is 1. The number of hydrogen-bond acceptors (Lipinski definition) is 4. The SMILES string of the molecule is NC(=NO)C1(C(=O)NCCSC(F)(F)F)CCC1. The number of oxime groups is 1. The van der Waals surface area contributed by atoms with E-state index in [1.807, 2.05) is 0 Å². The number of rotatable bonds is 5. The van der Waals surface area contributed by atoms with Gasteiger partial charge in [0.1, 0.15) is 5.41 Å². The normalized spacial score (nSPS) is 19.2. The highest BCUT2D eigenvalue weighted by Gasteiger charge is 2.48. The Morgan fingerprint density at radius 1 is 1.50 bits per heavy atom. The minimum atomic E-state index is -4.30. The van der Waals surface area contributed by atoms with E-state index in [1.54, 1.807) is 0 Å². The molecule has 0 bridgehead atoms. The average Bonchev–Trinajstić information content (AvgIpc) is 2.21. The highest BCUT2D eigenvalue weighted by atomic mass is 32.2. The number of alkyl halides is 3. The summed E-state index contributed by atoms with van der Waals surface area (Å²) in [5, 5.41) is 13.8. The van der Waals surface area contributed by atoms with Crippen LogP contribution in [0.2, 0.25) is 0 Å². The van der Waals surface area contributed by atoms with Crippen molar-refractivity contribution in [3.05, 3.63) is 0 Å². The summed E-state index contributed by atoms with van der Waals surface area (Å²) in [5.74, 6) is -0.928. The maximum absolute atomic E-state index is 11.9. The Labute approximate surface area is 106 Å². The van der Waals surface area contributed by atoms with Crippen LogP contribution in [-0.4, -0.2) is 34.8 Å². The minimum Gasteiger partial charge on any atom is -0.409 e. The molecule has 104 valence electrons. The monoisotopic (exact) mass is 285 g/mol. The molecule has 0 atom stereocenters. The van der Waals surface area contributed by atoms with E-state index in [9.17, 15) is 18.0 Å². The maximum atomic E-state index is 11.9. The molecular weight excluding hydrogens is 271 g/mol. The fourth-order valence-electron chi connectivity index (χ4n) is 1.73. The third-order valence-electron chi connectivity index (χ3n) is 2.89. The summed E-state index contributed by atoms with van der Waals surface area (Å²) in [6, 6.07) is 0. The number of halogens is 3. The molecule has 0 spiro atoms. The lowest BCUT2D eigenvalue weighted by Crippen LogP contribution is -2.54. The maximum Gasteiger partial charge on any atom is 0.441 e. The highest BCUT2D eigenvalue weighted by Crippen LogP contribution is 2.41. The van der Waals surface area contributed by atoms with Crippen molar-refractivity contribution in [1.82, 2.24) is 5.32 Å². The molecule has 1 aliphatic carbocycles. The predicted molar refractivity (Wildman–Crippen MR) is 61.2 cm³/mol. The van der Waals surface area contributed by atoms with Gasteiger partial charge in [0.15, 0.2) is 5.84 Å². The van der Waals surface area contributed by atoms with Crippen LogP contribution >= 0.6 is 11.8 Å². The molecule has 1 saturated carbocycles. The van der Waals surface area contributed by atoms with Crippen LogP contribution in [0, 0.1) is 5.41 Å². The van der Waals surface area contributed by atoms with Crippen molar-refractivity contribution in [1.29, 1.82) is 0 Å². The molecule has 1 amide bonds. The first kappa shape index (κ1) is 14.9. The molecule has 9 heteroatoms. The number of nitrogens with zero attached hydrogens (tertiary/aromatic N) is 1. The standard InChI is InChI=1S/C9H14F3N3O2S/c10-9(11,12)18-5-4-14-7(16)8(2-1-3-8)6(13)15-17/h17H,1-5H2,(H2,13,15)(H,14,16). The van der Waals surface area contributed by atoms with E-state index in [2.05, 4.69) is 10.5 Å². The Balaban J connectivity index is 2.41. The van der Waals surface area contributed by atoms with Gasteiger partial charge in [-0.3, -0.25) is 4.79 Å². The lowest BCUT2D eigenvalue weighted by molar-refractivity contribution is -0.130. The van der Waals surface area contributed by atoms with Crippen molar-refractivity contribution >= 4 is 23.5 Å². The number of thioether (sulfide) groups is 1. The predicted octanol–water partition coefficient (Wildman–Crippen LogP) is 1.27. The van der Waals surface area contributed by atoms with Gasteiger partial charge in [0.25, 0.3) is 0 Å². The molecule has 4 N–H and O–H groups in total. The molecule has 1 rings (SSSR count). The van der Waals surface area contributed by atoms with Crippen LogP contribution in [0.5, 0.6) is 0 Å². The Morgan fingerprint density at radius 3 is 2.50 bits per heavy atom. The zero-order valence-electron chi connectivity index (χ0n) is 9.46. The topological polar surface area (TPSA) is 87.7 Å². The number of nitrogens with one attached hydrogen (secondary N) is 1. The van der Waals surface area contributed by atoms with Gasteiger partial charge in [0, 0.05) is 12.3 Å². The van der Waals surface area contributed by atoms with Gasteiger partial charge in [-0.25, -0.2) is 0 Å². The Bertz CT molecular complexity index is 342. The lowest BCUT2D eigenvalue weighted by Gasteiger charge is -2.38. The summed E-state index contributed by atoms with van der Waals surface area (Å²) in [7, 11) is 0. The van der Waals surface area contributed by atoms with Gasteiger partial charge in [-0.05, 0) is 24.6 Å². The minimum absolute atomic E-state index is 0.108. The molecule has 18 heavy (non-hydrogen) atoms. The van der Waals surface area contributed by atoms with Crippen LogP contribution < -0.4 is 11.1 Å². The Hall–Kier alpha value is -1.12. The summed E-state index contributed by atoms with van der Waals surface area (Å²) in [6.07, 6.45) is 1.66. The molecule has 5 nitrogen and oxygen atoms in total. The van der Waals surface area contributed by atoms with E-state index in [-0.39, 0.29) is 29.9 Å². The second-order valence-electron chi connectivity index (χ2n) is 3.97. The lowest BCUT2D eigenvalue weighted by atomic mass is 9.67. The van der Waals surface area contributed by atoms with E-state index < -0.39 is 16.8 Å². The summed E-state index contributed by atoms with van der Waals surface area (Å²) in [4.78, 5) is 11.8. The van der Waals surface area contributed by atoms with E-state index in [0.29, 0.717) is 12.8 Å².